The molecule has 1 amide bonds. The molecule has 0 radical (unpaired) electrons. The van der Waals surface area contributed by atoms with Gasteiger partial charge in [0.05, 0.1) is 12.2 Å². The van der Waals surface area contributed by atoms with Gasteiger partial charge in [-0.15, -0.1) is 4.52 Å². The number of aromatic nitrogens is 2. The first-order valence-electron chi connectivity index (χ1n) is 11.4. The van der Waals surface area contributed by atoms with Crippen LogP contribution >= 0.6 is 8.18 Å². The number of nitrogens with one attached hydrogen (secondary N) is 2. The van der Waals surface area contributed by atoms with Gasteiger partial charge in [0.2, 0.25) is 0 Å². The SMILES string of the molecule is CC(C)OC(=O)[C@H](C)N[P+](=O)OC[C@@H](O[C@H](CF)n1ccc(NC(=O)c2ccccc2)nc1=O)[C@H](C)O. The summed E-state index contributed by atoms with van der Waals surface area (Å²) in [6.07, 6.45) is -3.05. The van der Waals surface area contributed by atoms with Crippen molar-refractivity contribution in [3.63, 3.8) is 0 Å². The van der Waals surface area contributed by atoms with Crippen LogP contribution in [0, 0.1) is 0 Å². The monoisotopic (exact) mass is 541 g/mol. The van der Waals surface area contributed by atoms with Gasteiger partial charge in [-0.05, 0) is 50.5 Å². The third-order valence-corrected chi connectivity index (χ3v) is 5.76. The van der Waals surface area contributed by atoms with Crippen LogP contribution < -0.4 is 16.1 Å². The summed E-state index contributed by atoms with van der Waals surface area (Å²) >= 11 is 0. The molecule has 2 aromatic rings. The summed E-state index contributed by atoms with van der Waals surface area (Å²) in [5, 5.41) is 14.9. The highest BCUT2D eigenvalue weighted by atomic mass is 31.1. The van der Waals surface area contributed by atoms with Gasteiger partial charge in [0, 0.05) is 11.8 Å². The second-order valence-electron chi connectivity index (χ2n) is 8.24. The minimum Gasteiger partial charge on any atom is -0.462 e. The highest BCUT2D eigenvalue weighted by Gasteiger charge is 2.31. The van der Waals surface area contributed by atoms with Crippen molar-refractivity contribution < 1.29 is 37.6 Å². The number of rotatable bonds is 14. The van der Waals surface area contributed by atoms with Gasteiger partial charge in [0.15, 0.2) is 6.23 Å². The van der Waals surface area contributed by atoms with Gasteiger partial charge in [-0.3, -0.25) is 14.2 Å². The maximum Gasteiger partial charge on any atom is 0.613 e. The molecule has 0 aliphatic carbocycles. The van der Waals surface area contributed by atoms with Crippen LogP contribution in [0.25, 0.3) is 0 Å². The lowest BCUT2D eigenvalue weighted by Gasteiger charge is -2.24. The minimum atomic E-state index is -2.56. The van der Waals surface area contributed by atoms with E-state index in [1.165, 1.54) is 26.1 Å². The summed E-state index contributed by atoms with van der Waals surface area (Å²) in [4.78, 5) is 40.3. The van der Waals surface area contributed by atoms with Crippen molar-refractivity contribution in [2.45, 2.75) is 58.3 Å². The lowest BCUT2D eigenvalue weighted by molar-refractivity contribution is -0.149. The predicted octanol–water partition coefficient (Wildman–Crippen LogP) is 2.33. The fraction of sp³-hybridized carbons (Fsp3) is 0.478. The molecule has 1 aromatic carbocycles. The molecule has 0 aliphatic rings. The molecule has 1 aromatic heterocycles. The molecule has 37 heavy (non-hydrogen) atoms. The fourth-order valence-corrected chi connectivity index (χ4v) is 3.65. The van der Waals surface area contributed by atoms with E-state index in [2.05, 4.69) is 15.4 Å². The van der Waals surface area contributed by atoms with Gasteiger partial charge in [-0.1, -0.05) is 23.3 Å². The van der Waals surface area contributed by atoms with E-state index in [1.807, 2.05) is 0 Å². The Labute approximate surface area is 214 Å². The van der Waals surface area contributed by atoms with Crippen LogP contribution in [0.5, 0.6) is 0 Å². The quantitative estimate of drug-likeness (QED) is 0.239. The summed E-state index contributed by atoms with van der Waals surface area (Å²) in [5.74, 6) is -1.15. The highest BCUT2D eigenvalue weighted by Crippen LogP contribution is 2.22. The molecule has 1 heterocycles. The minimum absolute atomic E-state index is 0.0451. The van der Waals surface area contributed by atoms with Crippen LogP contribution in [0.3, 0.4) is 0 Å². The van der Waals surface area contributed by atoms with Crippen LogP contribution in [0.4, 0.5) is 10.2 Å². The van der Waals surface area contributed by atoms with Gasteiger partial charge in [0.25, 0.3) is 5.91 Å². The molecule has 0 saturated heterocycles. The fourth-order valence-electron chi connectivity index (χ4n) is 2.87. The standard InChI is InChI=1S/C23H30FN4O8P/c1-14(2)35-22(31)15(3)27-37(33)34-13-18(16(4)29)36-20(12-24)28-11-10-19(26-23(28)32)25-21(30)17-8-6-5-7-9-17/h5-11,14-16,18,20,29H,12-13H2,1-4H3,(H-,25,26,27,30,32,33)/p+1/t15-,16-,18+,20+/m0/s1. The molecule has 0 aliphatic heterocycles. The zero-order valence-electron chi connectivity index (χ0n) is 20.9. The average molecular weight is 541 g/mol. The Bertz CT molecular complexity index is 1120. The smallest absolute Gasteiger partial charge is 0.462 e. The molecule has 1 unspecified atom stereocenters. The van der Waals surface area contributed by atoms with Gasteiger partial charge < -0.3 is 19.9 Å². The molecule has 3 N–H and O–H groups in total. The first-order chi connectivity index (χ1) is 17.5. The normalized spacial score (nSPS) is 14.9. The molecule has 5 atom stereocenters. The molecule has 202 valence electrons. The van der Waals surface area contributed by atoms with Crippen molar-refractivity contribution in [2.24, 2.45) is 0 Å². The van der Waals surface area contributed by atoms with Gasteiger partial charge in [0.1, 0.15) is 31.2 Å². The number of ether oxygens (including phenoxy) is 2. The van der Waals surface area contributed by atoms with Crippen LogP contribution in [-0.2, 0) is 23.4 Å². The van der Waals surface area contributed by atoms with E-state index in [0.717, 1.165) is 4.57 Å². The average Bonchev–Trinajstić information content (AvgIpc) is 2.84. The molecule has 2 rings (SSSR count). The van der Waals surface area contributed by atoms with Crippen LogP contribution in [0.15, 0.2) is 47.4 Å². The van der Waals surface area contributed by atoms with Crippen molar-refractivity contribution in [3.8, 4) is 0 Å². The van der Waals surface area contributed by atoms with Crippen LogP contribution in [0.1, 0.15) is 44.3 Å². The van der Waals surface area contributed by atoms with Gasteiger partial charge in [-0.2, -0.15) is 4.98 Å². The number of carbonyl (C=O) groups is 2. The number of halogens is 1. The zero-order chi connectivity index (χ0) is 27.5. The van der Waals surface area contributed by atoms with Crippen LogP contribution in [-0.4, -0.2) is 64.2 Å². The first kappa shape index (κ1) is 30.1. The van der Waals surface area contributed by atoms with E-state index in [-0.39, 0.29) is 11.9 Å². The van der Waals surface area contributed by atoms with Crippen molar-refractivity contribution in [3.05, 3.63) is 58.6 Å². The highest BCUT2D eigenvalue weighted by molar-refractivity contribution is 7.36. The Morgan fingerprint density at radius 1 is 1.16 bits per heavy atom. The Kier molecular flexibility index (Phi) is 11.9. The molecule has 14 heteroatoms. The number of anilines is 1. The number of amides is 1. The van der Waals surface area contributed by atoms with E-state index in [4.69, 9.17) is 14.0 Å². The van der Waals surface area contributed by atoms with Crippen molar-refractivity contribution in [2.75, 3.05) is 18.6 Å². The number of aliphatic hydroxyl groups excluding tert-OH is 1. The number of benzene rings is 1. The molecule has 0 fully saturated rings. The third kappa shape index (κ3) is 9.71. The van der Waals surface area contributed by atoms with E-state index in [0.29, 0.717) is 5.56 Å². The largest absolute Gasteiger partial charge is 0.613 e. The molecular weight excluding hydrogens is 510 g/mol. The number of alkyl halides is 1. The zero-order valence-corrected chi connectivity index (χ0v) is 21.8. The number of nitrogens with zero attached hydrogens (tertiary/aromatic N) is 2. The van der Waals surface area contributed by atoms with Crippen molar-refractivity contribution >= 4 is 25.9 Å². The second kappa shape index (κ2) is 14.6. The van der Waals surface area contributed by atoms with Gasteiger partial charge in [-0.25, -0.2) is 9.18 Å². The summed E-state index contributed by atoms with van der Waals surface area (Å²) < 4.78 is 42.5. The molecule has 0 bridgehead atoms. The second-order valence-corrected chi connectivity index (χ2v) is 9.27. The third-order valence-electron chi connectivity index (χ3n) is 4.78. The Hall–Kier alpha value is -3.09. The van der Waals surface area contributed by atoms with Crippen molar-refractivity contribution in [1.29, 1.82) is 0 Å². The molecular formula is C23H31FN4O8P+. The molecule has 0 spiro atoms. The number of carbonyl (C=O) groups excluding carboxylic acids is 2. The lowest BCUT2D eigenvalue weighted by Crippen LogP contribution is -2.38. The maximum absolute atomic E-state index is 13.8. The van der Waals surface area contributed by atoms with Crippen molar-refractivity contribution in [1.82, 2.24) is 14.6 Å². The van der Waals surface area contributed by atoms with E-state index >= 15 is 0 Å². The number of aliphatic hydroxyl groups is 1. The van der Waals surface area contributed by atoms with Crippen LogP contribution in [0.2, 0.25) is 0 Å². The summed E-state index contributed by atoms with van der Waals surface area (Å²) in [6.45, 7) is 4.51. The first-order valence-corrected chi connectivity index (χ1v) is 12.6. The summed E-state index contributed by atoms with van der Waals surface area (Å²) in [7, 11) is -2.56. The summed E-state index contributed by atoms with van der Waals surface area (Å²) in [6, 6.07) is 8.64. The summed E-state index contributed by atoms with van der Waals surface area (Å²) in [5.41, 5.74) is -0.554. The number of esters is 1. The van der Waals surface area contributed by atoms with E-state index in [1.54, 1.807) is 44.2 Å². The predicted molar refractivity (Wildman–Crippen MR) is 132 cm³/mol. The molecule has 0 saturated carbocycles. The van der Waals surface area contributed by atoms with E-state index < -0.39 is 63.5 Å². The Morgan fingerprint density at radius 2 is 1.84 bits per heavy atom. The number of hydrogen-bond acceptors (Lipinski definition) is 9. The van der Waals surface area contributed by atoms with E-state index in [9.17, 15) is 28.4 Å². The maximum atomic E-state index is 13.8. The number of hydrogen-bond donors (Lipinski definition) is 3. The Balaban J connectivity index is 2.01. The Morgan fingerprint density at radius 3 is 2.41 bits per heavy atom. The van der Waals surface area contributed by atoms with Gasteiger partial charge >= 0.3 is 19.8 Å². The lowest BCUT2D eigenvalue weighted by atomic mass is 10.2. The topological polar surface area (TPSA) is 158 Å². The molecule has 12 nitrogen and oxygen atoms in total.